The van der Waals surface area contributed by atoms with Crippen molar-refractivity contribution in [2.24, 2.45) is 0 Å². The van der Waals surface area contributed by atoms with E-state index in [0.717, 1.165) is 25.7 Å². The molecule has 1 unspecified atom stereocenters. The Kier molecular flexibility index (Phi) is 4.25. The van der Waals surface area contributed by atoms with Gasteiger partial charge >= 0.3 is 0 Å². The zero-order valence-corrected chi connectivity index (χ0v) is 11.2. The number of rotatable bonds is 4. The molecule has 1 saturated carbocycles. The summed E-state index contributed by atoms with van der Waals surface area (Å²) in [6, 6.07) is 4.07. The standard InChI is InChI=1S/C14H18ClFO2/c1-2-18-14(7-3-4-8-14)13(17)11-9-10(16)5-6-12(11)15/h5-6,9,13,17H,2-4,7-8H2,1H3. The molecule has 1 N–H and O–H groups in total. The van der Waals surface area contributed by atoms with Crippen molar-refractivity contribution < 1.29 is 14.2 Å². The molecular formula is C14H18ClFO2. The van der Waals surface area contributed by atoms with Gasteiger partial charge in [-0.05, 0) is 38.0 Å². The molecule has 0 amide bonds. The lowest BCUT2D eigenvalue weighted by molar-refractivity contribution is -0.118. The fourth-order valence-electron chi connectivity index (χ4n) is 2.77. The Hall–Kier alpha value is -0.640. The van der Waals surface area contributed by atoms with Crippen LogP contribution in [0.25, 0.3) is 0 Å². The predicted molar refractivity (Wildman–Crippen MR) is 69.2 cm³/mol. The molecule has 0 radical (unpaired) electrons. The maximum atomic E-state index is 13.3. The van der Waals surface area contributed by atoms with Gasteiger partial charge in [-0.1, -0.05) is 24.4 Å². The summed E-state index contributed by atoms with van der Waals surface area (Å²) in [7, 11) is 0. The fourth-order valence-corrected chi connectivity index (χ4v) is 2.99. The Morgan fingerprint density at radius 3 is 2.72 bits per heavy atom. The van der Waals surface area contributed by atoms with Crippen LogP contribution in [0.3, 0.4) is 0 Å². The summed E-state index contributed by atoms with van der Waals surface area (Å²) in [6.07, 6.45) is 2.74. The summed E-state index contributed by atoms with van der Waals surface area (Å²) < 4.78 is 19.1. The van der Waals surface area contributed by atoms with Crippen LogP contribution in [0.1, 0.15) is 44.3 Å². The first-order valence-electron chi connectivity index (χ1n) is 6.36. The molecule has 0 spiro atoms. The van der Waals surface area contributed by atoms with Gasteiger partial charge in [-0.25, -0.2) is 4.39 Å². The number of aliphatic hydroxyl groups is 1. The third-order valence-electron chi connectivity index (χ3n) is 3.63. The normalized spacial score (nSPS) is 20.0. The summed E-state index contributed by atoms with van der Waals surface area (Å²) >= 11 is 6.05. The van der Waals surface area contributed by atoms with Crippen molar-refractivity contribution in [1.29, 1.82) is 0 Å². The van der Waals surface area contributed by atoms with Crippen LogP contribution in [0.4, 0.5) is 4.39 Å². The first-order chi connectivity index (χ1) is 8.59. The van der Waals surface area contributed by atoms with Gasteiger partial charge < -0.3 is 9.84 Å². The van der Waals surface area contributed by atoms with E-state index < -0.39 is 17.5 Å². The molecule has 1 aromatic carbocycles. The quantitative estimate of drug-likeness (QED) is 0.902. The number of benzene rings is 1. The SMILES string of the molecule is CCOC1(C(O)c2cc(F)ccc2Cl)CCCC1. The number of aliphatic hydroxyl groups excluding tert-OH is 1. The van der Waals surface area contributed by atoms with Crippen LogP contribution in [0.2, 0.25) is 5.02 Å². The average Bonchev–Trinajstić information content (AvgIpc) is 2.82. The summed E-state index contributed by atoms with van der Waals surface area (Å²) in [5.74, 6) is -0.391. The monoisotopic (exact) mass is 272 g/mol. The average molecular weight is 273 g/mol. The zero-order chi connectivity index (χ0) is 13.2. The second kappa shape index (κ2) is 5.55. The molecule has 1 aliphatic carbocycles. The third-order valence-corrected chi connectivity index (χ3v) is 3.98. The highest BCUT2D eigenvalue weighted by atomic mass is 35.5. The topological polar surface area (TPSA) is 29.5 Å². The summed E-state index contributed by atoms with van der Waals surface area (Å²) in [5.41, 5.74) is -0.182. The number of halogens is 2. The van der Waals surface area contributed by atoms with Crippen LogP contribution in [-0.2, 0) is 4.74 Å². The Balaban J connectivity index is 2.33. The van der Waals surface area contributed by atoms with Crippen LogP contribution < -0.4 is 0 Å². The highest BCUT2D eigenvalue weighted by molar-refractivity contribution is 6.31. The minimum Gasteiger partial charge on any atom is -0.385 e. The van der Waals surface area contributed by atoms with Crippen molar-refractivity contribution >= 4 is 11.6 Å². The molecule has 100 valence electrons. The molecule has 1 aromatic rings. The van der Waals surface area contributed by atoms with E-state index in [-0.39, 0.29) is 0 Å². The molecule has 0 aromatic heterocycles. The van der Waals surface area contributed by atoms with Crippen molar-refractivity contribution in [2.75, 3.05) is 6.61 Å². The van der Waals surface area contributed by atoms with E-state index in [1.807, 2.05) is 6.92 Å². The zero-order valence-electron chi connectivity index (χ0n) is 10.5. The van der Waals surface area contributed by atoms with E-state index in [9.17, 15) is 9.50 Å². The lowest BCUT2D eigenvalue weighted by atomic mass is 9.89. The molecule has 0 aliphatic heterocycles. The molecule has 0 bridgehead atoms. The van der Waals surface area contributed by atoms with Gasteiger partial charge in [-0.15, -0.1) is 0 Å². The Bertz CT molecular complexity index is 416. The van der Waals surface area contributed by atoms with Crippen molar-refractivity contribution in [3.63, 3.8) is 0 Å². The van der Waals surface area contributed by atoms with Gasteiger partial charge in [0, 0.05) is 17.2 Å². The smallest absolute Gasteiger partial charge is 0.123 e. The first kappa shape index (κ1) is 13.8. The van der Waals surface area contributed by atoms with Gasteiger partial charge in [-0.3, -0.25) is 0 Å². The van der Waals surface area contributed by atoms with Crippen molar-refractivity contribution in [1.82, 2.24) is 0 Å². The Morgan fingerprint density at radius 1 is 1.44 bits per heavy atom. The minimum atomic E-state index is -0.872. The van der Waals surface area contributed by atoms with Gasteiger partial charge in [0.05, 0.1) is 5.60 Å². The van der Waals surface area contributed by atoms with Crippen molar-refractivity contribution in [3.05, 3.63) is 34.6 Å². The largest absolute Gasteiger partial charge is 0.385 e. The summed E-state index contributed by atoms with van der Waals surface area (Å²) in [6.45, 7) is 2.43. The van der Waals surface area contributed by atoms with Crippen LogP contribution >= 0.6 is 11.6 Å². The van der Waals surface area contributed by atoms with Gasteiger partial charge in [0.15, 0.2) is 0 Å². The number of hydrogen-bond acceptors (Lipinski definition) is 2. The molecule has 2 rings (SSSR count). The predicted octanol–water partition coefficient (Wildman–Crippen LogP) is 3.86. The molecule has 4 heteroatoms. The molecule has 1 aliphatic rings. The van der Waals surface area contributed by atoms with Crippen molar-refractivity contribution in [2.45, 2.75) is 44.3 Å². The number of ether oxygens (including phenoxy) is 1. The van der Waals surface area contributed by atoms with Crippen LogP contribution in [0, 0.1) is 5.82 Å². The lowest BCUT2D eigenvalue weighted by Crippen LogP contribution is -2.36. The summed E-state index contributed by atoms with van der Waals surface area (Å²) in [5, 5.41) is 10.9. The highest BCUT2D eigenvalue weighted by Crippen LogP contribution is 2.44. The molecule has 0 heterocycles. The van der Waals surface area contributed by atoms with Gasteiger partial charge in [0.1, 0.15) is 11.9 Å². The molecule has 18 heavy (non-hydrogen) atoms. The first-order valence-corrected chi connectivity index (χ1v) is 6.74. The molecule has 2 nitrogen and oxygen atoms in total. The van der Waals surface area contributed by atoms with Gasteiger partial charge in [0.2, 0.25) is 0 Å². The Morgan fingerprint density at radius 2 is 2.11 bits per heavy atom. The van der Waals surface area contributed by atoms with Crippen LogP contribution in [0.5, 0.6) is 0 Å². The Labute approximate surface area is 112 Å². The van der Waals surface area contributed by atoms with Gasteiger partial charge in [0.25, 0.3) is 0 Å². The van der Waals surface area contributed by atoms with Crippen molar-refractivity contribution in [3.8, 4) is 0 Å². The van der Waals surface area contributed by atoms with E-state index in [1.54, 1.807) is 0 Å². The lowest BCUT2D eigenvalue weighted by Gasteiger charge is -2.34. The van der Waals surface area contributed by atoms with Gasteiger partial charge in [-0.2, -0.15) is 0 Å². The van der Waals surface area contributed by atoms with E-state index in [0.29, 0.717) is 17.2 Å². The maximum absolute atomic E-state index is 13.3. The van der Waals surface area contributed by atoms with E-state index >= 15 is 0 Å². The third kappa shape index (κ3) is 2.53. The van der Waals surface area contributed by atoms with E-state index in [1.165, 1.54) is 18.2 Å². The summed E-state index contributed by atoms with van der Waals surface area (Å²) in [4.78, 5) is 0. The number of hydrogen-bond donors (Lipinski definition) is 1. The minimum absolute atomic E-state index is 0.384. The fraction of sp³-hybridized carbons (Fsp3) is 0.571. The second-order valence-corrected chi connectivity index (χ2v) is 5.18. The molecule has 1 fully saturated rings. The van der Waals surface area contributed by atoms with E-state index in [4.69, 9.17) is 16.3 Å². The van der Waals surface area contributed by atoms with Crippen LogP contribution in [-0.4, -0.2) is 17.3 Å². The second-order valence-electron chi connectivity index (χ2n) is 4.77. The highest BCUT2D eigenvalue weighted by Gasteiger charge is 2.42. The van der Waals surface area contributed by atoms with Crippen LogP contribution in [0.15, 0.2) is 18.2 Å². The van der Waals surface area contributed by atoms with E-state index in [2.05, 4.69) is 0 Å². The maximum Gasteiger partial charge on any atom is 0.123 e. The molecule has 0 saturated heterocycles. The molecular weight excluding hydrogens is 255 g/mol. The molecule has 1 atom stereocenters.